The van der Waals surface area contributed by atoms with Gasteiger partial charge in [0.05, 0.1) is 11.6 Å². The van der Waals surface area contributed by atoms with Crippen LogP contribution in [0.2, 0.25) is 5.02 Å². The minimum atomic E-state index is 0.646. The van der Waals surface area contributed by atoms with Gasteiger partial charge in [0.1, 0.15) is 5.75 Å². The Morgan fingerprint density at radius 3 is 2.76 bits per heavy atom. The molecule has 1 aromatic rings. The summed E-state index contributed by atoms with van der Waals surface area (Å²) < 4.78 is 5.42. The highest BCUT2D eigenvalue weighted by Crippen LogP contribution is 2.26. The zero-order valence-corrected chi connectivity index (χ0v) is 11.1. The van der Waals surface area contributed by atoms with Gasteiger partial charge in [0.25, 0.3) is 0 Å². The predicted molar refractivity (Wildman–Crippen MR) is 70.7 cm³/mol. The average molecular weight is 255 g/mol. The molecular weight excluding hydrogens is 236 g/mol. The molecule has 0 amide bonds. The van der Waals surface area contributed by atoms with Crippen molar-refractivity contribution in [2.24, 2.45) is 0 Å². The zero-order valence-electron chi connectivity index (χ0n) is 10.4. The van der Waals surface area contributed by atoms with E-state index in [0.717, 1.165) is 25.4 Å². The van der Waals surface area contributed by atoms with E-state index in [2.05, 4.69) is 23.3 Å². The van der Waals surface area contributed by atoms with E-state index in [0.29, 0.717) is 17.7 Å². The lowest BCUT2D eigenvalue weighted by Crippen LogP contribution is -2.55. The van der Waals surface area contributed by atoms with Gasteiger partial charge in [0.15, 0.2) is 0 Å². The van der Waals surface area contributed by atoms with Crippen LogP contribution in [0.1, 0.15) is 12.5 Å². The quantitative estimate of drug-likeness (QED) is 0.872. The summed E-state index contributed by atoms with van der Waals surface area (Å²) in [6.45, 7) is 5.70. The number of nitrogens with zero attached hydrogens (tertiary/aromatic N) is 1. The van der Waals surface area contributed by atoms with E-state index in [1.165, 1.54) is 5.56 Å². The molecule has 0 aliphatic carbocycles. The summed E-state index contributed by atoms with van der Waals surface area (Å²) in [6.07, 6.45) is 0. The molecule has 0 aromatic heterocycles. The average Bonchev–Trinajstić information content (AvgIpc) is 2.19. The van der Waals surface area contributed by atoms with Crippen LogP contribution in [0, 0.1) is 0 Å². The summed E-state index contributed by atoms with van der Waals surface area (Å²) >= 11 is 6.16. The van der Waals surface area contributed by atoms with Crippen molar-refractivity contribution in [3.63, 3.8) is 0 Å². The molecule has 1 fully saturated rings. The number of halogens is 1. The molecule has 0 unspecified atom stereocenters. The Hall–Kier alpha value is -0.770. The van der Waals surface area contributed by atoms with E-state index < -0.39 is 0 Å². The van der Waals surface area contributed by atoms with Gasteiger partial charge in [0.2, 0.25) is 0 Å². The first kappa shape index (κ1) is 12.7. The first-order valence-corrected chi connectivity index (χ1v) is 6.40. The van der Waals surface area contributed by atoms with Crippen LogP contribution in [0.25, 0.3) is 0 Å². The smallest absolute Gasteiger partial charge is 0.137 e. The number of nitrogens with one attached hydrogen (secondary N) is 1. The molecule has 0 radical (unpaired) electrons. The Morgan fingerprint density at radius 2 is 2.24 bits per heavy atom. The van der Waals surface area contributed by atoms with Gasteiger partial charge in [-0.25, -0.2) is 0 Å². The second-order valence-electron chi connectivity index (χ2n) is 4.42. The van der Waals surface area contributed by atoms with Crippen molar-refractivity contribution >= 4 is 11.6 Å². The summed E-state index contributed by atoms with van der Waals surface area (Å²) in [5, 5.41) is 3.98. The predicted octanol–water partition coefficient (Wildman–Crippen LogP) is 2.14. The SMILES string of the molecule is CCOc1ccc(CN(C)C2CNC2)cc1Cl. The molecule has 0 saturated carbocycles. The third kappa shape index (κ3) is 3.12. The first-order valence-electron chi connectivity index (χ1n) is 6.03. The van der Waals surface area contributed by atoms with Gasteiger partial charge in [-0.1, -0.05) is 17.7 Å². The standard InChI is InChI=1S/C13H19ClN2O/c1-3-17-13-5-4-10(6-12(13)14)9-16(2)11-7-15-8-11/h4-6,11,15H,3,7-9H2,1-2H3. The molecule has 1 heterocycles. The number of hydrogen-bond donors (Lipinski definition) is 1. The van der Waals surface area contributed by atoms with E-state index >= 15 is 0 Å². The maximum atomic E-state index is 6.16. The summed E-state index contributed by atoms with van der Waals surface area (Å²) in [4.78, 5) is 2.35. The normalized spacial score (nSPS) is 16.0. The topological polar surface area (TPSA) is 24.5 Å². The second kappa shape index (κ2) is 5.71. The maximum Gasteiger partial charge on any atom is 0.137 e. The fourth-order valence-corrected chi connectivity index (χ4v) is 2.18. The molecule has 0 bridgehead atoms. The Bertz CT molecular complexity index is 380. The van der Waals surface area contributed by atoms with E-state index in [-0.39, 0.29) is 0 Å². The van der Waals surface area contributed by atoms with E-state index in [1.54, 1.807) is 0 Å². The number of rotatable bonds is 5. The van der Waals surface area contributed by atoms with Crippen LogP contribution in [0.4, 0.5) is 0 Å². The molecule has 3 nitrogen and oxygen atoms in total. The summed E-state index contributed by atoms with van der Waals surface area (Å²) in [5.41, 5.74) is 1.23. The van der Waals surface area contributed by atoms with E-state index in [1.807, 2.05) is 19.1 Å². The minimum Gasteiger partial charge on any atom is -0.492 e. The van der Waals surface area contributed by atoms with Gasteiger partial charge in [-0.05, 0) is 31.7 Å². The highest BCUT2D eigenvalue weighted by atomic mass is 35.5. The van der Waals surface area contributed by atoms with Crippen molar-refractivity contribution < 1.29 is 4.74 Å². The number of ether oxygens (including phenoxy) is 1. The fourth-order valence-electron chi connectivity index (χ4n) is 1.92. The number of benzene rings is 1. The lowest BCUT2D eigenvalue weighted by molar-refractivity contribution is 0.173. The lowest BCUT2D eigenvalue weighted by Gasteiger charge is -2.35. The van der Waals surface area contributed by atoms with Gasteiger partial charge in [-0.15, -0.1) is 0 Å². The van der Waals surface area contributed by atoms with Gasteiger partial charge in [-0.3, -0.25) is 4.90 Å². The van der Waals surface area contributed by atoms with Gasteiger partial charge >= 0.3 is 0 Å². The minimum absolute atomic E-state index is 0.646. The monoisotopic (exact) mass is 254 g/mol. The molecule has 17 heavy (non-hydrogen) atoms. The fraction of sp³-hybridized carbons (Fsp3) is 0.538. The Labute approximate surface area is 108 Å². The molecule has 1 aliphatic heterocycles. The number of hydrogen-bond acceptors (Lipinski definition) is 3. The van der Waals surface area contributed by atoms with Gasteiger partial charge in [0, 0.05) is 25.7 Å². The molecule has 4 heteroatoms. The van der Waals surface area contributed by atoms with E-state index in [4.69, 9.17) is 16.3 Å². The third-order valence-electron chi connectivity index (χ3n) is 3.11. The Balaban J connectivity index is 1.98. The molecule has 1 aliphatic rings. The summed E-state index contributed by atoms with van der Waals surface area (Å²) in [6, 6.07) is 6.68. The van der Waals surface area contributed by atoms with Crippen LogP contribution >= 0.6 is 11.6 Å². The largest absolute Gasteiger partial charge is 0.492 e. The van der Waals surface area contributed by atoms with Crippen LogP contribution in [0.3, 0.4) is 0 Å². The van der Waals surface area contributed by atoms with Crippen molar-refractivity contribution in [3.05, 3.63) is 28.8 Å². The highest BCUT2D eigenvalue weighted by molar-refractivity contribution is 6.32. The van der Waals surface area contributed by atoms with Crippen LogP contribution in [-0.2, 0) is 6.54 Å². The van der Waals surface area contributed by atoms with Crippen LogP contribution in [0.15, 0.2) is 18.2 Å². The van der Waals surface area contributed by atoms with Crippen LogP contribution in [-0.4, -0.2) is 37.7 Å². The summed E-state index contributed by atoms with van der Waals surface area (Å²) in [7, 11) is 2.15. The molecule has 1 aromatic carbocycles. The zero-order chi connectivity index (χ0) is 12.3. The second-order valence-corrected chi connectivity index (χ2v) is 4.83. The Morgan fingerprint density at radius 1 is 1.47 bits per heavy atom. The summed E-state index contributed by atoms with van der Waals surface area (Å²) in [5.74, 6) is 0.769. The maximum absolute atomic E-state index is 6.16. The molecule has 0 atom stereocenters. The van der Waals surface area contributed by atoms with Crippen molar-refractivity contribution in [1.29, 1.82) is 0 Å². The molecule has 2 rings (SSSR count). The van der Waals surface area contributed by atoms with Crippen molar-refractivity contribution in [2.75, 3.05) is 26.7 Å². The van der Waals surface area contributed by atoms with Crippen LogP contribution in [0.5, 0.6) is 5.75 Å². The lowest BCUT2D eigenvalue weighted by atomic mass is 10.1. The van der Waals surface area contributed by atoms with Gasteiger partial charge in [-0.2, -0.15) is 0 Å². The number of likely N-dealkylation sites (N-methyl/N-ethyl adjacent to an activating group) is 1. The molecule has 94 valence electrons. The van der Waals surface area contributed by atoms with Crippen molar-refractivity contribution in [2.45, 2.75) is 19.5 Å². The third-order valence-corrected chi connectivity index (χ3v) is 3.41. The van der Waals surface area contributed by atoms with Crippen LogP contribution < -0.4 is 10.1 Å². The molecule has 0 spiro atoms. The first-order chi connectivity index (χ1) is 8.20. The Kier molecular flexibility index (Phi) is 4.26. The highest BCUT2D eigenvalue weighted by Gasteiger charge is 2.21. The molecule has 1 N–H and O–H groups in total. The van der Waals surface area contributed by atoms with Gasteiger partial charge < -0.3 is 10.1 Å². The molecule has 1 saturated heterocycles. The van der Waals surface area contributed by atoms with E-state index in [9.17, 15) is 0 Å². The van der Waals surface area contributed by atoms with Crippen molar-refractivity contribution in [3.8, 4) is 5.75 Å². The molecular formula is C13H19ClN2O. The van der Waals surface area contributed by atoms with Crippen molar-refractivity contribution in [1.82, 2.24) is 10.2 Å².